The van der Waals surface area contributed by atoms with E-state index in [2.05, 4.69) is 41.5 Å². The first-order chi connectivity index (χ1) is 45.4. The molecule has 0 amide bonds. The lowest BCUT2D eigenvalue weighted by Crippen LogP contribution is -2.30. The number of phosphoric ester groups is 2. The predicted octanol–water partition coefficient (Wildman–Crippen LogP) is 21.9. The molecule has 0 aliphatic heterocycles. The fraction of sp³-hybridized carbons (Fsp3) is 0.947. The Morgan fingerprint density at radius 1 is 0.309 bits per heavy atom. The second-order valence-electron chi connectivity index (χ2n) is 27.8. The van der Waals surface area contributed by atoms with Crippen molar-refractivity contribution in [3.63, 3.8) is 0 Å². The second-order valence-corrected chi connectivity index (χ2v) is 30.7. The van der Waals surface area contributed by atoms with Crippen LogP contribution in [0.3, 0.4) is 0 Å². The van der Waals surface area contributed by atoms with Crippen molar-refractivity contribution in [2.75, 3.05) is 39.6 Å². The number of aliphatic hydroxyl groups is 1. The molecular formula is C75H146O17P2. The van der Waals surface area contributed by atoms with Crippen LogP contribution in [-0.2, 0) is 65.4 Å². The van der Waals surface area contributed by atoms with Gasteiger partial charge in [-0.25, -0.2) is 9.13 Å². The monoisotopic (exact) mass is 1380 g/mol. The lowest BCUT2D eigenvalue weighted by atomic mass is 9.99. The first kappa shape index (κ1) is 92.1. The van der Waals surface area contributed by atoms with Gasteiger partial charge in [-0.3, -0.25) is 37.3 Å². The van der Waals surface area contributed by atoms with Crippen LogP contribution in [0.4, 0.5) is 0 Å². The van der Waals surface area contributed by atoms with Crippen molar-refractivity contribution in [3.8, 4) is 0 Å². The van der Waals surface area contributed by atoms with Gasteiger partial charge in [0.1, 0.15) is 19.3 Å². The lowest BCUT2D eigenvalue weighted by molar-refractivity contribution is -0.161. The van der Waals surface area contributed by atoms with E-state index in [9.17, 15) is 43.2 Å². The summed E-state index contributed by atoms with van der Waals surface area (Å²) < 4.78 is 68.4. The molecule has 0 saturated carbocycles. The highest BCUT2D eigenvalue weighted by Crippen LogP contribution is 2.45. The van der Waals surface area contributed by atoms with Crippen molar-refractivity contribution in [2.24, 2.45) is 11.8 Å². The summed E-state index contributed by atoms with van der Waals surface area (Å²) in [6, 6.07) is 0. The molecule has 17 nitrogen and oxygen atoms in total. The minimum Gasteiger partial charge on any atom is -0.462 e. The van der Waals surface area contributed by atoms with Crippen molar-refractivity contribution in [1.29, 1.82) is 0 Å². The van der Waals surface area contributed by atoms with Gasteiger partial charge in [-0.15, -0.1) is 0 Å². The van der Waals surface area contributed by atoms with Gasteiger partial charge in [-0.05, 0) is 37.5 Å². The van der Waals surface area contributed by atoms with Crippen LogP contribution in [-0.4, -0.2) is 96.7 Å². The van der Waals surface area contributed by atoms with Crippen LogP contribution in [0, 0.1) is 11.8 Å². The molecule has 0 radical (unpaired) electrons. The van der Waals surface area contributed by atoms with E-state index in [-0.39, 0.29) is 25.7 Å². The fourth-order valence-corrected chi connectivity index (χ4v) is 13.0. The number of carbonyl (C=O) groups excluding carboxylic acids is 4. The Balaban J connectivity index is 5.18. The molecule has 3 N–H and O–H groups in total. The van der Waals surface area contributed by atoms with Crippen molar-refractivity contribution in [3.05, 3.63) is 0 Å². The second kappa shape index (κ2) is 66.9. The van der Waals surface area contributed by atoms with Crippen LogP contribution in [0.1, 0.15) is 388 Å². The maximum absolute atomic E-state index is 13.1. The maximum Gasteiger partial charge on any atom is 0.472 e. The number of phosphoric acid groups is 2. The van der Waals surface area contributed by atoms with Crippen molar-refractivity contribution < 1.29 is 80.2 Å². The van der Waals surface area contributed by atoms with Crippen LogP contribution in [0.15, 0.2) is 0 Å². The highest BCUT2D eigenvalue weighted by atomic mass is 31.2. The van der Waals surface area contributed by atoms with Gasteiger partial charge in [0.2, 0.25) is 0 Å². The normalized spacial score (nSPS) is 14.3. The fourth-order valence-electron chi connectivity index (χ4n) is 11.4. The summed E-state index contributed by atoms with van der Waals surface area (Å²) in [5.74, 6) is -0.559. The number of hydrogen-bond acceptors (Lipinski definition) is 15. The molecule has 94 heavy (non-hydrogen) atoms. The van der Waals surface area contributed by atoms with Crippen molar-refractivity contribution >= 4 is 39.5 Å². The highest BCUT2D eigenvalue weighted by molar-refractivity contribution is 7.47. The standard InChI is InChI=1S/C75H146O17P2/c1-7-10-12-14-16-17-18-19-20-21-22-23-27-30-33-40-46-52-58-73(78)86-64-71(91-74(79)59-53-47-41-34-31-28-25-24-26-29-32-39-44-50-56-68(6)9-3)66-90-94(83,84)88-62-69(76)61-87-93(81,82)89-65-70(63-85-72(77)57-51-45-37-15-13-11-8-2)92-75(80)60-54-48-42-36-35-38-43-49-55-67(4)5/h67-71,76H,7-66H2,1-6H3,(H,81,82)(H,83,84)/t68?,69-,70+,71+/m0/s1. The van der Waals surface area contributed by atoms with Gasteiger partial charge < -0.3 is 33.8 Å². The highest BCUT2D eigenvalue weighted by Gasteiger charge is 2.30. The van der Waals surface area contributed by atoms with E-state index < -0.39 is 97.5 Å². The Morgan fingerprint density at radius 2 is 0.543 bits per heavy atom. The molecule has 3 unspecified atom stereocenters. The molecule has 0 bridgehead atoms. The minimum absolute atomic E-state index is 0.104. The van der Waals surface area contributed by atoms with Gasteiger partial charge in [0, 0.05) is 25.7 Å². The van der Waals surface area contributed by atoms with Crippen LogP contribution >= 0.6 is 15.6 Å². The number of ether oxygens (including phenoxy) is 4. The molecule has 0 aromatic rings. The number of unbranched alkanes of at least 4 members (excludes halogenated alkanes) is 43. The summed E-state index contributed by atoms with van der Waals surface area (Å²) in [7, 11) is -9.90. The van der Waals surface area contributed by atoms with Crippen molar-refractivity contribution in [2.45, 2.75) is 407 Å². The average molecular weight is 1380 g/mol. The molecular weight excluding hydrogens is 1230 g/mol. The zero-order valence-corrected chi connectivity index (χ0v) is 63.1. The van der Waals surface area contributed by atoms with E-state index >= 15 is 0 Å². The molecule has 0 aromatic heterocycles. The number of aliphatic hydroxyl groups excluding tert-OH is 1. The van der Waals surface area contributed by atoms with E-state index in [0.717, 1.165) is 115 Å². The van der Waals surface area contributed by atoms with Gasteiger partial charge in [0.25, 0.3) is 0 Å². The summed E-state index contributed by atoms with van der Waals surface area (Å²) in [6.45, 7) is 9.56. The van der Waals surface area contributed by atoms with E-state index in [1.165, 1.54) is 193 Å². The van der Waals surface area contributed by atoms with Gasteiger partial charge in [0.15, 0.2) is 12.2 Å². The zero-order chi connectivity index (χ0) is 69.3. The van der Waals surface area contributed by atoms with E-state index in [1.807, 2.05) is 0 Å². The number of carbonyl (C=O) groups is 4. The van der Waals surface area contributed by atoms with Crippen LogP contribution < -0.4 is 0 Å². The number of rotatable bonds is 74. The third-order valence-electron chi connectivity index (χ3n) is 17.8. The Labute approximate surface area is 575 Å². The summed E-state index contributed by atoms with van der Waals surface area (Å²) in [5, 5.41) is 10.6. The summed E-state index contributed by atoms with van der Waals surface area (Å²) in [6.07, 6.45) is 54.3. The van der Waals surface area contributed by atoms with E-state index in [1.54, 1.807) is 0 Å². The molecule has 0 heterocycles. The predicted molar refractivity (Wildman–Crippen MR) is 381 cm³/mol. The van der Waals surface area contributed by atoms with Gasteiger partial charge in [-0.1, -0.05) is 337 Å². The molecule has 6 atom stereocenters. The number of esters is 4. The Bertz CT molecular complexity index is 1820. The SMILES string of the molecule is CCCCCCCCCCCCCCCCCCCCC(=O)OC[C@H](COP(=O)(O)OC[C@@H](O)COP(=O)(O)OC[C@@H](COC(=O)CCCCCCCCC)OC(=O)CCCCCCCCCCC(C)C)OC(=O)CCCCCCCCCCCCCCCCC(C)CC. The quantitative estimate of drug-likeness (QED) is 0.0222. The van der Waals surface area contributed by atoms with Gasteiger partial charge in [0.05, 0.1) is 26.4 Å². The Morgan fingerprint density at radius 3 is 0.809 bits per heavy atom. The first-order valence-corrected chi connectivity index (χ1v) is 42.0. The smallest absolute Gasteiger partial charge is 0.462 e. The Hall–Kier alpha value is -1.94. The van der Waals surface area contributed by atoms with Gasteiger partial charge in [-0.2, -0.15) is 0 Å². The molecule has 0 fully saturated rings. The molecule has 0 aliphatic rings. The largest absolute Gasteiger partial charge is 0.472 e. The number of hydrogen-bond donors (Lipinski definition) is 3. The molecule has 0 aliphatic carbocycles. The van der Waals surface area contributed by atoms with Gasteiger partial charge >= 0.3 is 39.5 Å². The molecule has 0 saturated heterocycles. The molecule has 19 heteroatoms. The topological polar surface area (TPSA) is 237 Å². The van der Waals surface area contributed by atoms with Crippen LogP contribution in [0.25, 0.3) is 0 Å². The average Bonchev–Trinajstić information content (AvgIpc) is 1.63. The summed E-state index contributed by atoms with van der Waals surface area (Å²) in [5.41, 5.74) is 0. The van der Waals surface area contributed by atoms with E-state index in [0.29, 0.717) is 25.7 Å². The van der Waals surface area contributed by atoms with Crippen molar-refractivity contribution in [1.82, 2.24) is 0 Å². The summed E-state index contributed by atoms with van der Waals surface area (Å²) >= 11 is 0. The Kier molecular flexibility index (Phi) is 65.5. The third-order valence-corrected chi connectivity index (χ3v) is 19.7. The molecule has 0 spiro atoms. The summed E-state index contributed by atoms with van der Waals surface area (Å²) in [4.78, 5) is 72.6. The molecule has 0 rings (SSSR count). The molecule has 558 valence electrons. The third kappa shape index (κ3) is 67.3. The van der Waals surface area contributed by atoms with Crippen LogP contribution in [0.5, 0.6) is 0 Å². The maximum atomic E-state index is 13.1. The first-order valence-electron chi connectivity index (χ1n) is 39.0. The van der Waals surface area contributed by atoms with Crippen LogP contribution in [0.2, 0.25) is 0 Å². The minimum atomic E-state index is -4.96. The molecule has 0 aromatic carbocycles. The lowest BCUT2D eigenvalue weighted by Gasteiger charge is -2.21. The van der Waals surface area contributed by atoms with E-state index in [4.69, 9.17) is 37.0 Å². The zero-order valence-electron chi connectivity index (χ0n) is 61.3.